The standard InChI is InChI=1S/C18H24N2O4/c21-14-11-16(17(22)19-13-7-3-1-4-8-13)20(12-14)18(23)24-15-9-5-2-6-10-15/h2,5-6,9-10,13-14,16,21H,1,3-4,7-8,11-12H2,(H,19,22). The lowest BCUT2D eigenvalue weighted by Crippen LogP contribution is -2.49. The number of likely N-dealkylation sites (tertiary alicyclic amines) is 1. The van der Waals surface area contributed by atoms with E-state index in [-0.39, 0.29) is 24.9 Å². The average Bonchev–Trinajstić information content (AvgIpc) is 2.99. The first-order valence-corrected chi connectivity index (χ1v) is 8.65. The van der Waals surface area contributed by atoms with Crippen molar-refractivity contribution in [2.45, 2.75) is 56.7 Å². The van der Waals surface area contributed by atoms with E-state index < -0.39 is 18.2 Å². The second kappa shape index (κ2) is 7.66. The summed E-state index contributed by atoms with van der Waals surface area (Å²) in [6.07, 6.45) is 4.38. The second-order valence-electron chi connectivity index (χ2n) is 6.58. The number of aliphatic hydroxyl groups is 1. The molecule has 2 aliphatic rings. The maximum absolute atomic E-state index is 12.6. The molecule has 130 valence electrons. The van der Waals surface area contributed by atoms with Gasteiger partial charge in [-0.2, -0.15) is 0 Å². The predicted octanol–water partition coefficient (Wildman–Crippen LogP) is 2.07. The fraction of sp³-hybridized carbons (Fsp3) is 0.556. The lowest BCUT2D eigenvalue weighted by atomic mass is 9.95. The number of carbonyl (C=O) groups is 2. The molecule has 1 aliphatic carbocycles. The third kappa shape index (κ3) is 4.06. The SMILES string of the molecule is O=C(NC1CCCCC1)C1CC(O)CN1C(=O)Oc1ccccc1. The number of amides is 2. The molecule has 1 heterocycles. The van der Waals surface area contributed by atoms with E-state index in [2.05, 4.69) is 5.32 Å². The van der Waals surface area contributed by atoms with Crippen LogP contribution in [0.2, 0.25) is 0 Å². The predicted molar refractivity (Wildman–Crippen MR) is 88.6 cm³/mol. The molecule has 0 bridgehead atoms. The van der Waals surface area contributed by atoms with E-state index in [9.17, 15) is 14.7 Å². The summed E-state index contributed by atoms with van der Waals surface area (Å²) in [5, 5.41) is 12.9. The van der Waals surface area contributed by atoms with Gasteiger partial charge in [0.25, 0.3) is 0 Å². The largest absolute Gasteiger partial charge is 0.416 e. The first-order valence-electron chi connectivity index (χ1n) is 8.65. The van der Waals surface area contributed by atoms with E-state index in [1.807, 2.05) is 6.07 Å². The van der Waals surface area contributed by atoms with Crippen molar-refractivity contribution in [1.29, 1.82) is 0 Å². The van der Waals surface area contributed by atoms with Gasteiger partial charge in [-0.1, -0.05) is 37.5 Å². The second-order valence-corrected chi connectivity index (χ2v) is 6.58. The van der Waals surface area contributed by atoms with Crippen LogP contribution in [0.3, 0.4) is 0 Å². The topological polar surface area (TPSA) is 78.9 Å². The molecule has 2 unspecified atom stereocenters. The van der Waals surface area contributed by atoms with Gasteiger partial charge < -0.3 is 15.2 Å². The molecule has 0 spiro atoms. The van der Waals surface area contributed by atoms with Crippen molar-refractivity contribution in [3.05, 3.63) is 30.3 Å². The van der Waals surface area contributed by atoms with E-state index in [1.54, 1.807) is 24.3 Å². The molecule has 2 amide bonds. The van der Waals surface area contributed by atoms with Crippen LogP contribution < -0.4 is 10.1 Å². The monoisotopic (exact) mass is 332 g/mol. The van der Waals surface area contributed by atoms with Gasteiger partial charge in [-0.05, 0) is 25.0 Å². The van der Waals surface area contributed by atoms with Crippen LogP contribution in [0.5, 0.6) is 5.75 Å². The first-order chi connectivity index (χ1) is 11.6. The highest BCUT2D eigenvalue weighted by Crippen LogP contribution is 2.22. The highest BCUT2D eigenvalue weighted by molar-refractivity contribution is 5.87. The average molecular weight is 332 g/mol. The summed E-state index contributed by atoms with van der Waals surface area (Å²) in [7, 11) is 0. The van der Waals surface area contributed by atoms with Crippen molar-refractivity contribution in [1.82, 2.24) is 10.2 Å². The molecule has 24 heavy (non-hydrogen) atoms. The molecule has 0 aromatic heterocycles. The number of β-amino-alcohol motifs (C(OH)–C–C–N with tert-alkyl or cyclic N) is 1. The molecule has 0 radical (unpaired) electrons. The lowest BCUT2D eigenvalue weighted by Gasteiger charge is -2.27. The Hall–Kier alpha value is -2.08. The van der Waals surface area contributed by atoms with Gasteiger partial charge in [0.05, 0.1) is 12.6 Å². The third-order valence-corrected chi connectivity index (χ3v) is 4.72. The van der Waals surface area contributed by atoms with Gasteiger partial charge in [0.1, 0.15) is 11.8 Å². The number of carbonyl (C=O) groups excluding carboxylic acids is 2. The summed E-state index contributed by atoms with van der Waals surface area (Å²) in [5.74, 6) is 0.235. The van der Waals surface area contributed by atoms with Crippen LogP contribution in [0.25, 0.3) is 0 Å². The normalized spacial score (nSPS) is 24.6. The zero-order valence-electron chi connectivity index (χ0n) is 13.7. The number of nitrogens with zero attached hydrogens (tertiary/aromatic N) is 1. The van der Waals surface area contributed by atoms with E-state index >= 15 is 0 Å². The van der Waals surface area contributed by atoms with E-state index in [4.69, 9.17) is 4.74 Å². The number of benzene rings is 1. The summed E-state index contributed by atoms with van der Waals surface area (Å²) < 4.78 is 5.31. The minimum atomic E-state index is -0.699. The summed E-state index contributed by atoms with van der Waals surface area (Å²) in [4.78, 5) is 26.3. The molecule has 3 rings (SSSR count). The van der Waals surface area contributed by atoms with Crippen LogP contribution in [-0.2, 0) is 4.79 Å². The van der Waals surface area contributed by atoms with Crippen LogP contribution in [0.1, 0.15) is 38.5 Å². The molecule has 2 N–H and O–H groups in total. The quantitative estimate of drug-likeness (QED) is 0.888. The van der Waals surface area contributed by atoms with Gasteiger partial charge in [0.15, 0.2) is 0 Å². The minimum absolute atomic E-state index is 0.119. The van der Waals surface area contributed by atoms with E-state index in [0.717, 1.165) is 25.7 Å². The summed E-state index contributed by atoms with van der Waals surface area (Å²) >= 11 is 0. The van der Waals surface area contributed by atoms with Gasteiger partial charge in [-0.3, -0.25) is 9.69 Å². The van der Waals surface area contributed by atoms with Crippen molar-refractivity contribution >= 4 is 12.0 Å². The Morgan fingerprint density at radius 3 is 2.54 bits per heavy atom. The Morgan fingerprint density at radius 2 is 1.83 bits per heavy atom. The summed E-state index contributed by atoms with van der Waals surface area (Å²) in [6.45, 7) is 0.119. The Kier molecular flexibility index (Phi) is 5.35. The Bertz CT molecular complexity index is 572. The van der Waals surface area contributed by atoms with Crippen LogP contribution in [0.15, 0.2) is 30.3 Å². The Balaban J connectivity index is 1.62. The fourth-order valence-corrected chi connectivity index (χ4v) is 3.46. The molecule has 6 nitrogen and oxygen atoms in total. The van der Waals surface area contributed by atoms with E-state index in [0.29, 0.717) is 5.75 Å². The lowest BCUT2D eigenvalue weighted by molar-refractivity contribution is -0.125. The van der Waals surface area contributed by atoms with Crippen LogP contribution in [0, 0.1) is 0 Å². The molecule has 1 saturated heterocycles. The number of hydrogen-bond donors (Lipinski definition) is 2. The van der Waals surface area contributed by atoms with Crippen LogP contribution >= 0.6 is 0 Å². The van der Waals surface area contributed by atoms with Crippen LogP contribution in [-0.4, -0.2) is 46.7 Å². The molecular weight excluding hydrogens is 308 g/mol. The van der Waals surface area contributed by atoms with Crippen molar-refractivity contribution in [2.75, 3.05) is 6.54 Å². The Labute approximate surface area is 141 Å². The fourth-order valence-electron chi connectivity index (χ4n) is 3.46. The highest BCUT2D eigenvalue weighted by Gasteiger charge is 2.40. The van der Waals surface area contributed by atoms with E-state index in [1.165, 1.54) is 11.3 Å². The molecule has 6 heteroatoms. The van der Waals surface area contributed by atoms with Gasteiger partial charge in [0, 0.05) is 12.5 Å². The number of ether oxygens (including phenoxy) is 1. The maximum Gasteiger partial charge on any atom is 0.416 e. The van der Waals surface area contributed by atoms with Gasteiger partial charge in [-0.25, -0.2) is 4.79 Å². The van der Waals surface area contributed by atoms with Crippen molar-refractivity contribution in [2.24, 2.45) is 0 Å². The van der Waals surface area contributed by atoms with Crippen molar-refractivity contribution in [3.63, 3.8) is 0 Å². The third-order valence-electron chi connectivity index (χ3n) is 4.72. The molecule has 1 saturated carbocycles. The molecule has 1 aromatic rings. The molecule has 2 fully saturated rings. The van der Waals surface area contributed by atoms with Gasteiger partial charge in [0.2, 0.25) is 5.91 Å². The Morgan fingerprint density at radius 1 is 1.12 bits per heavy atom. The van der Waals surface area contributed by atoms with Crippen molar-refractivity contribution in [3.8, 4) is 5.75 Å². The molecule has 1 aromatic carbocycles. The molecular formula is C18H24N2O4. The van der Waals surface area contributed by atoms with Crippen molar-refractivity contribution < 1.29 is 19.4 Å². The number of nitrogens with one attached hydrogen (secondary N) is 1. The van der Waals surface area contributed by atoms with Gasteiger partial charge in [-0.15, -0.1) is 0 Å². The number of hydrogen-bond acceptors (Lipinski definition) is 4. The maximum atomic E-state index is 12.6. The summed E-state index contributed by atoms with van der Waals surface area (Å²) in [5.41, 5.74) is 0. The highest BCUT2D eigenvalue weighted by atomic mass is 16.6. The zero-order chi connectivity index (χ0) is 16.9. The molecule has 2 atom stereocenters. The smallest absolute Gasteiger partial charge is 0.410 e. The summed E-state index contributed by atoms with van der Waals surface area (Å²) in [6, 6.07) is 8.25. The first kappa shape index (κ1) is 16.8. The van der Waals surface area contributed by atoms with Gasteiger partial charge >= 0.3 is 6.09 Å². The minimum Gasteiger partial charge on any atom is -0.410 e. The molecule has 1 aliphatic heterocycles. The van der Waals surface area contributed by atoms with Crippen LogP contribution in [0.4, 0.5) is 4.79 Å². The number of rotatable bonds is 3. The number of aliphatic hydroxyl groups excluding tert-OH is 1. The zero-order valence-corrected chi connectivity index (χ0v) is 13.7. The number of para-hydroxylation sites is 1.